The van der Waals surface area contributed by atoms with Crippen LogP contribution < -0.4 is 0 Å². The molecular weight excluding hydrogens is 320 g/mol. The Balaban J connectivity index is 1.64. The Labute approximate surface area is 136 Å². The molecule has 0 aliphatic carbocycles. The highest BCUT2D eigenvalue weighted by atomic mass is 35.5. The zero-order valence-electron chi connectivity index (χ0n) is 11.4. The van der Waals surface area contributed by atoms with Gasteiger partial charge in [-0.05, 0) is 12.1 Å². The first-order valence-electron chi connectivity index (χ1n) is 6.51. The van der Waals surface area contributed by atoms with E-state index in [1.165, 1.54) is 17.5 Å². The SMILES string of the molecule is O=C(OCc1csc(-c2ccccc2)n1)c1ccc(Cl)nc1. The normalized spacial score (nSPS) is 10.4. The molecule has 1 aromatic carbocycles. The summed E-state index contributed by atoms with van der Waals surface area (Å²) in [6.07, 6.45) is 1.39. The number of hydrogen-bond donors (Lipinski definition) is 0. The number of carbonyl (C=O) groups is 1. The Morgan fingerprint density at radius 3 is 2.73 bits per heavy atom. The monoisotopic (exact) mass is 330 g/mol. The number of esters is 1. The third-order valence-electron chi connectivity index (χ3n) is 2.89. The zero-order chi connectivity index (χ0) is 15.4. The summed E-state index contributed by atoms with van der Waals surface area (Å²) in [7, 11) is 0. The van der Waals surface area contributed by atoms with Gasteiger partial charge in [0.15, 0.2) is 0 Å². The number of pyridine rings is 1. The summed E-state index contributed by atoms with van der Waals surface area (Å²) in [6, 6.07) is 13.0. The molecule has 3 aromatic rings. The van der Waals surface area contributed by atoms with E-state index >= 15 is 0 Å². The van der Waals surface area contributed by atoms with Crippen molar-refractivity contribution >= 4 is 28.9 Å². The van der Waals surface area contributed by atoms with Crippen molar-refractivity contribution in [3.05, 3.63) is 70.5 Å². The summed E-state index contributed by atoms with van der Waals surface area (Å²) in [4.78, 5) is 20.2. The fraction of sp³-hybridized carbons (Fsp3) is 0.0625. The average molecular weight is 331 g/mol. The number of halogens is 1. The van der Waals surface area contributed by atoms with Gasteiger partial charge in [0.1, 0.15) is 16.8 Å². The summed E-state index contributed by atoms with van der Waals surface area (Å²) < 4.78 is 5.23. The molecule has 0 aliphatic heterocycles. The molecule has 0 unspecified atom stereocenters. The molecule has 0 spiro atoms. The lowest BCUT2D eigenvalue weighted by Gasteiger charge is -2.02. The molecule has 0 saturated heterocycles. The van der Waals surface area contributed by atoms with Crippen LogP contribution in [0, 0.1) is 0 Å². The van der Waals surface area contributed by atoms with E-state index in [0.29, 0.717) is 10.7 Å². The standard InChI is InChI=1S/C16H11ClN2O2S/c17-14-7-6-12(8-18-14)16(20)21-9-13-10-22-15(19-13)11-4-2-1-3-5-11/h1-8,10H,9H2. The lowest BCUT2D eigenvalue weighted by atomic mass is 10.2. The van der Waals surface area contributed by atoms with Crippen LogP contribution in [0.1, 0.15) is 16.1 Å². The molecule has 6 heteroatoms. The van der Waals surface area contributed by atoms with Crippen LogP contribution in [-0.2, 0) is 11.3 Å². The fourth-order valence-electron chi connectivity index (χ4n) is 1.81. The van der Waals surface area contributed by atoms with Crippen molar-refractivity contribution in [1.29, 1.82) is 0 Å². The van der Waals surface area contributed by atoms with Gasteiger partial charge in [-0.1, -0.05) is 41.9 Å². The molecule has 2 heterocycles. The summed E-state index contributed by atoms with van der Waals surface area (Å²) in [5, 5.41) is 3.12. The summed E-state index contributed by atoms with van der Waals surface area (Å²) in [5.41, 5.74) is 2.13. The quantitative estimate of drug-likeness (QED) is 0.531. The van der Waals surface area contributed by atoms with Gasteiger partial charge in [-0.3, -0.25) is 0 Å². The van der Waals surface area contributed by atoms with Gasteiger partial charge in [-0.25, -0.2) is 14.8 Å². The van der Waals surface area contributed by atoms with E-state index in [1.807, 2.05) is 35.7 Å². The molecule has 0 N–H and O–H groups in total. The maximum Gasteiger partial charge on any atom is 0.340 e. The topological polar surface area (TPSA) is 52.1 Å². The second-order valence-electron chi connectivity index (χ2n) is 4.46. The molecule has 3 rings (SSSR count). The van der Waals surface area contributed by atoms with Crippen molar-refractivity contribution in [3.8, 4) is 10.6 Å². The molecule has 0 saturated carbocycles. The lowest BCUT2D eigenvalue weighted by Crippen LogP contribution is -2.05. The van der Waals surface area contributed by atoms with Crippen LogP contribution in [0.5, 0.6) is 0 Å². The molecule has 0 aliphatic rings. The number of thiazole rings is 1. The highest BCUT2D eigenvalue weighted by molar-refractivity contribution is 7.13. The van der Waals surface area contributed by atoms with Gasteiger partial charge in [0.2, 0.25) is 0 Å². The largest absolute Gasteiger partial charge is 0.456 e. The average Bonchev–Trinajstić information content (AvgIpc) is 3.03. The molecule has 4 nitrogen and oxygen atoms in total. The summed E-state index contributed by atoms with van der Waals surface area (Å²) in [6.45, 7) is 0.130. The summed E-state index contributed by atoms with van der Waals surface area (Å²) in [5.74, 6) is -0.446. The van der Waals surface area contributed by atoms with Crippen LogP contribution in [-0.4, -0.2) is 15.9 Å². The van der Waals surface area contributed by atoms with Crippen molar-refractivity contribution < 1.29 is 9.53 Å². The maximum absolute atomic E-state index is 11.9. The smallest absolute Gasteiger partial charge is 0.340 e. The van der Waals surface area contributed by atoms with E-state index < -0.39 is 5.97 Å². The van der Waals surface area contributed by atoms with E-state index in [9.17, 15) is 4.79 Å². The van der Waals surface area contributed by atoms with E-state index in [2.05, 4.69) is 9.97 Å². The van der Waals surface area contributed by atoms with Gasteiger partial charge in [-0.15, -0.1) is 11.3 Å². The van der Waals surface area contributed by atoms with E-state index in [1.54, 1.807) is 12.1 Å². The third-order valence-corrected chi connectivity index (χ3v) is 4.05. The molecule has 0 atom stereocenters. The van der Waals surface area contributed by atoms with Crippen LogP contribution in [0.15, 0.2) is 54.0 Å². The molecule has 0 amide bonds. The van der Waals surface area contributed by atoms with Crippen LogP contribution >= 0.6 is 22.9 Å². The van der Waals surface area contributed by atoms with Crippen molar-refractivity contribution in [2.45, 2.75) is 6.61 Å². The fourth-order valence-corrected chi connectivity index (χ4v) is 2.73. The van der Waals surface area contributed by atoms with Gasteiger partial charge < -0.3 is 4.74 Å². The van der Waals surface area contributed by atoms with Crippen LogP contribution in [0.2, 0.25) is 5.15 Å². The molecule has 110 valence electrons. The van der Waals surface area contributed by atoms with Crippen molar-refractivity contribution in [2.75, 3.05) is 0 Å². The van der Waals surface area contributed by atoms with Crippen LogP contribution in [0.3, 0.4) is 0 Å². The minimum absolute atomic E-state index is 0.130. The molecule has 0 radical (unpaired) electrons. The van der Waals surface area contributed by atoms with Gasteiger partial charge >= 0.3 is 5.97 Å². The van der Waals surface area contributed by atoms with Crippen molar-refractivity contribution in [2.24, 2.45) is 0 Å². The number of rotatable bonds is 4. The summed E-state index contributed by atoms with van der Waals surface area (Å²) >= 11 is 7.20. The number of aromatic nitrogens is 2. The highest BCUT2D eigenvalue weighted by Crippen LogP contribution is 2.23. The van der Waals surface area contributed by atoms with Crippen molar-refractivity contribution in [1.82, 2.24) is 9.97 Å². The van der Waals surface area contributed by atoms with E-state index in [0.717, 1.165) is 16.3 Å². The van der Waals surface area contributed by atoms with E-state index in [-0.39, 0.29) is 6.61 Å². The molecule has 22 heavy (non-hydrogen) atoms. The Hall–Kier alpha value is -2.24. The number of carbonyl (C=O) groups excluding carboxylic acids is 1. The third kappa shape index (κ3) is 3.50. The number of hydrogen-bond acceptors (Lipinski definition) is 5. The van der Waals surface area contributed by atoms with Crippen LogP contribution in [0.4, 0.5) is 0 Å². The predicted octanol–water partition coefficient (Wildman–Crippen LogP) is 4.22. The Bertz CT molecular complexity index is 772. The van der Waals surface area contributed by atoms with E-state index in [4.69, 9.17) is 16.3 Å². The maximum atomic E-state index is 11.9. The second kappa shape index (κ2) is 6.68. The molecule has 0 fully saturated rings. The molecular formula is C16H11ClN2O2S. The Morgan fingerprint density at radius 1 is 1.18 bits per heavy atom. The first-order chi connectivity index (χ1) is 10.7. The predicted molar refractivity (Wildman–Crippen MR) is 85.9 cm³/mol. The van der Waals surface area contributed by atoms with Gasteiger partial charge in [0, 0.05) is 17.1 Å². The van der Waals surface area contributed by atoms with Gasteiger partial charge in [0.25, 0.3) is 0 Å². The number of ether oxygens (including phenoxy) is 1. The van der Waals surface area contributed by atoms with Gasteiger partial charge in [0.05, 0.1) is 11.3 Å². The molecule has 2 aromatic heterocycles. The Morgan fingerprint density at radius 2 is 2.00 bits per heavy atom. The number of nitrogens with zero attached hydrogens (tertiary/aromatic N) is 2. The second-order valence-corrected chi connectivity index (χ2v) is 5.70. The van der Waals surface area contributed by atoms with Crippen LogP contribution in [0.25, 0.3) is 10.6 Å². The molecule has 0 bridgehead atoms. The lowest BCUT2D eigenvalue weighted by molar-refractivity contribution is 0.0468. The minimum atomic E-state index is -0.446. The first kappa shape index (κ1) is 14.7. The highest BCUT2D eigenvalue weighted by Gasteiger charge is 2.10. The van der Waals surface area contributed by atoms with Crippen molar-refractivity contribution in [3.63, 3.8) is 0 Å². The Kier molecular flexibility index (Phi) is 4.46. The number of benzene rings is 1. The first-order valence-corrected chi connectivity index (χ1v) is 7.76. The minimum Gasteiger partial charge on any atom is -0.456 e. The zero-order valence-corrected chi connectivity index (χ0v) is 13.0. The van der Waals surface area contributed by atoms with Gasteiger partial charge in [-0.2, -0.15) is 0 Å².